The average Bonchev–Trinajstić information content (AvgIpc) is 2.93. The highest BCUT2D eigenvalue weighted by Crippen LogP contribution is 2.18. The van der Waals surface area contributed by atoms with Gasteiger partial charge in [-0.3, -0.25) is 9.59 Å². The van der Waals surface area contributed by atoms with Gasteiger partial charge >= 0.3 is 0 Å². The van der Waals surface area contributed by atoms with Crippen molar-refractivity contribution in [3.63, 3.8) is 0 Å². The third kappa shape index (κ3) is 17.7. The summed E-state index contributed by atoms with van der Waals surface area (Å²) in [5.74, 6) is 0.120. The quantitative estimate of drug-likeness (QED) is 0.228. The molecule has 0 saturated carbocycles. The molecule has 7 heteroatoms. The zero-order chi connectivity index (χ0) is 29.2. The van der Waals surface area contributed by atoms with E-state index in [1.54, 1.807) is 13.0 Å². The molecule has 0 aliphatic rings. The number of benzene rings is 2. The number of hydrogen-bond donors (Lipinski definition) is 0. The smallest absolute Gasteiger partial charge is 0.267 e. The summed E-state index contributed by atoms with van der Waals surface area (Å²) in [7, 11) is 0. The molecule has 1 heterocycles. The van der Waals surface area contributed by atoms with Crippen molar-refractivity contribution in [1.82, 2.24) is 9.78 Å². The molecule has 0 fully saturated rings. The minimum absolute atomic E-state index is 0.120. The first-order chi connectivity index (χ1) is 18.4. The largest absolute Gasteiger partial charge is 0.304 e. The molecule has 0 amide bonds. The summed E-state index contributed by atoms with van der Waals surface area (Å²) in [5.41, 5.74) is 3.45. The maximum atomic E-state index is 12.1. The van der Waals surface area contributed by atoms with E-state index < -0.39 is 0 Å². The number of Topliss-reactive ketones (excluding diaryl/α,β-unsaturated/α-hetero) is 1. The summed E-state index contributed by atoms with van der Waals surface area (Å²) in [4.78, 5) is 41.3. The van der Waals surface area contributed by atoms with Crippen LogP contribution in [0, 0.1) is 4.91 Å². The van der Waals surface area contributed by atoms with Crippen LogP contribution in [-0.2, 0) is 22.6 Å². The lowest BCUT2D eigenvalue weighted by molar-refractivity contribution is -0.116. The van der Waals surface area contributed by atoms with E-state index in [0.717, 1.165) is 35.1 Å². The Morgan fingerprint density at radius 3 is 1.95 bits per heavy atom. The van der Waals surface area contributed by atoms with Gasteiger partial charge in [0.25, 0.3) is 5.56 Å². The molecule has 0 unspecified atom stereocenters. The van der Waals surface area contributed by atoms with Gasteiger partial charge in [-0.05, 0) is 43.5 Å². The van der Waals surface area contributed by atoms with Gasteiger partial charge in [-0.25, -0.2) is 4.68 Å². The van der Waals surface area contributed by atoms with E-state index in [1.165, 1.54) is 30.5 Å². The first-order valence-corrected chi connectivity index (χ1v) is 13.3. The van der Waals surface area contributed by atoms with Crippen molar-refractivity contribution in [1.29, 1.82) is 0 Å². The van der Waals surface area contributed by atoms with Crippen LogP contribution >= 0.6 is 0 Å². The highest BCUT2D eigenvalue weighted by molar-refractivity contribution is 5.78. The van der Waals surface area contributed by atoms with Gasteiger partial charge in [0.1, 0.15) is 12.1 Å². The molecule has 0 radical (unpaired) electrons. The normalized spacial score (nSPS) is 8.92. The first kappa shape index (κ1) is 36.4. The number of aromatic nitrogens is 2. The number of carbonyl (C=O) groups is 2. The lowest BCUT2D eigenvalue weighted by atomic mass is 10.0. The molecule has 0 aliphatic heterocycles. The molecule has 3 aromatic rings. The van der Waals surface area contributed by atoms with E-state index in [1.807, 2.05) is 75.4 Å². The van der Waals surface area contributed by atoms with Crippen molar-refractivity contribution in [2.24, 2.45) is 5.18 Å². The van der Waals surface area contributed by atoms with Crippen LogP contribution in [0.1, 0.15) is 78.9 Å². The molecule has 0 spiro atoms. The molecular formula is C31H45N3O4. The lowest BCUT2D eigenvalue weighted by Gasteiger charge is -2.08. The van der Waals surface area contributed by atoms with Crippen molar-refractivity contribution in [3.8, 4) is 11.3 Å². The zero-order valence-corrected chi connectivity index (χ0v) is 24.1. The number of hydrogen-bond acceptors (Lipinski definition) is 6. The van der Waals surface area contributed by atoms with Gasteiger partial charge in [-0.15, -0.1) is 0 Å². The predicted octanol–water partition coefficient (Wildman–Crippen LogP) is 7.29. The minimum Gasteiger partial charge on any atom is -0.304 e. The molecule has 0 bridgehead atoms. The fourth-order valence-corrected chi connectivity index (χ4v) is 2.69. The van der Waals surface area contributed by atoms with Crippen LogP contribution in [-0.4, -0.2) is 28.4 Å². The number of unbranched alkanes of at least 4 members (excludes halogenated alkanes) is 1. The first-order valence-electron chi connectivity index (χ1n) is 13.3. The van der Waals surface area contributed by atoms with Gasteiger partial charge < -0.3 is 4.79 Å². The number of nitroso groups, excluding NO2 is 1. The highest BCUT2D eigenvalue weighted by atomic mass is 16.3. The molecule has 3 rings (SSSR count). The van der Waals surface area contributed by atoms with Gasteiger partial charge in [0.15, 0.2) is 0 Å². The SMILES string of the molecule is CC.CC(=O)Cc1cccc(-c2ccc(=O)n(Cc3ccccc3)n2)c1.CC=O.CCCC.CCCN=O. The van der Waals surface area contributed by atoms with E-state index in [2.05, 4.69) is 24.1 Å². The molecule has 38 heavy (non-hydrogen) atoms. The highest BCUT2D eigenvalue weighted by Gasteiger charge is 2.06. The van der Waals surface area contributed by atoms with Gasteiger partial charge in [0, 0.05) is 18.1 Å². The molecule has 0 aliphatic carbocycles. The molecule has 0 saturated heterocycles. The van der Waals surface area contributed by atoms with Gasteiger partial charge in [0.2, 0.25) is 0 Å². The van der Waals surface area contributed by atoms with E-state index in [0.29, 0.717) is 19.5 Å². The monoisotopic (exact) mass is 523 g/mol. The topological polar surface area (TPSA) is 98.5 Å². The van der Waals surface area contributed by atoms with Crippen LogP contribution in [0.5, 0.6) is 0 Å². The Hall–Kier alpha value is -3.74. The van der Waals surface area contributed by atoms with Crippen LogP contribution in [0.15, 0.2) is 76.7 Å². The number of rotatable bonds is 8. The second-order valence-electron chi connectivity index (χ2n) is 7.87. The van der Waals surface area contributed by atoms with Crippen LogP contribution in [0.4, 0.5) is 0 Å². The maximum Gasteiger partial charge on any atom is 0.267 e. The van der Waals surface area contributed by atoms with Crippen molar-refractivity contribution in [2.45, 2.75) is 80.7 Å². The van der Waals surface area contributed by atoms with Crippen LogP contribution in [0.25, 0.3) is 11.3 Å². The Bertz CT molecular complexity index is 1080. The average molecular weight is 524 g/mol. The summed E-state index contributed by atoms with van der Waals surface area (Å²) in [6, 6.07) is 20.7. The molecule has 0 N–H and O–H groups in total. The Balaban J connectivity index is 0. The standard InChI is InChI=1S/C20H18N2O2.C4H10.C3H7NO.C2H4O.C2H6/c1-15(23)12-17-8-5-9-18(13-17)19-10-11-20(24)22(21-19)14-16-6-3-2-4-7-16;1-3-4-2;1-2-3-4-5;1-2-3;1-2/h2-11,13H,12,14H2,1H3;3-4H2,1-2H3;2-3H2,1H3;2H,1H3;1-2H3. The van der Waals surface area contributed by atoms with Crippen molar-refractivity contribution in [2.75, 3.05) is 6.54 Å². The maximum absolute atomic E-state index is 12.1. The number of aldehydes is 1. The van der Waals surface area contributed by atoms with E-state index in [9.17, 15) is 9.59 Å². The van der Waals surface area contributed by atoms with E-state index >= 15 is 0 Å². The molecular weight excluding hydrogens is 478 g/mol. The second kappa shape index (κ2) is 24.9. The number of ketones is 1. The molecule has 208 valence electrons. The van der Waals surface area contributed by atoms with E-state index in [-0.39, 0.29) is 11.3 Å². The van der Waals surface area contributed by atoms with Crippen molar-refractivity contribution in [3.05, 3.63) is 93.1 Å². The fraction of sp³-hybridized carbons (Fsp3) is 0.419. The number of carbonyl (C=O) groups excluding carboxylic acids is 2. The molecule has 7 nitrogen and oxygen atoms in total. The minimum atomic E-state index is -0.137. The Kier molecular flexibility index (Phi) is 23.9. The Morgan fingerprint density at radius 1 is 0.895 bits per heavy atom. The van der Waals surface area contributed by atoms with E-state index in [4.69, 9.17) is 9.70 Å². The Morgan fingerprint density at radius 2 is 1.47 bits per heavy atom. The third-order valence-electron chi connectivity index (χ3n) is 4.53. The van der Waals surface area contributed by atoms with Crippen molar-refractivity contribution < 1.29 is 9.59 Å². The van der Waals surface area contributed by atoms with Crippen LogP contribution in [0.2, 0.25) is 0 Å². The van der Waals surface area contributed by atoms with Gasteiger partial charge in [0.05, 0.1) is 18.8 Å². The summed E-state index contributed by atoms with van der Waals surface area (Å²) >= 11 is 0. The van der Waals surface area contributed by atoms with Crippen LogP contribution < -0.4 is 5.56 Å². The summed E-state index contributed by atoms with van der Waals surface area (Å²) in [5, 5.41) is 7.08. The second-order valence-corrected chi connectivity index (χ2v) is 7.87. The van der Waals surface area contributed by atoms with Crippen molar-refractivity contribution >= 4 is 12.1 Å². The summed E-state index contributed by atoms with van der Waals surface area (Å²) in [6.45, 7) is 14.2. The Labute approximate surface area is 228 Å². The predicted molar refractivity (Wildman–Crippen MR) is 158 cm³/mol. The summed E-state index contributed by atoms with van der Waals surface area (Å²) < 4.78 is 1.46. The molecule has 1 aromatic heterocycles. The number of nitrogens with zero attached hydrogens (tertiary/aromatic N) is 3. The summed E-state index contributed by atoms with van der Waals surface area (Å²) in [6.07, 6.45) is 4.65. The fourth-order valence-electron chi connectivity index (χ4n) is 2.69. The van der Waals surface area contributed by atoms with Crippen LogP contribution in [0.3, 0.4) is 0 Å². The van der Waals surface area contributed by atoms with Gasteiger partial charge in [-0.2, -0.15) is 10.0 Å². The molecule has 0 atom stereocenters. The lowest BCUT2D eigenvalue weighted by Crippen LogP contribution is -2.22. The third-order valence-corrected chi connectivity index (χ3v) is 4.53. The van der Waals surface area contributed by atoms with Gasteiger partial charge in [-0.1, -0.05) is 101 Å². The zero-order valence-electron chi connectivity index (χ0n) is 24.1. The molecule has 2 aromatic carbocycles.